The van der Waals surface area contributed by atoms with Gasteiger partial charge in [-0.05, 0) is 30.6 Å². The summed E-state index contributed by atoms with van der Waals surface area (Å²) < 4.78 is 0. The minimum Gasteiger partial charge on any atom is -0.0594 e. The third-order valence-electron chi connectivity index (χ3n) is 4.28. The molecule has 1 radical (unpaired) electrons. The van der Waals surface area contributed by atoms with Crippen LogP contribution in [0.25, 0.3) is 0 Å². The molecule has 0 nitrogen and oxygen atoms in total. The van der Waals surface area contributed by atoms with Gasteiger partial charge in [-0.15, -0.1) is 0 Å². The van der Waals surface area contributed by atoms with Crippen LogP contribution in [0.2, 0.25) is 0 Å². The maximum atomic E-state index is 2.74. The van der Waals surface area contributed by atoms with Gasteiger partial charge >= 0.3 is 0 Å². The fourth-order valence-corrected chi connectivity index (χ4v) is 3.40. The Morgan fingerprint density at radius 2 is 1.43 bits per heavy atom. The van der Waals surface area contributed by atoms with E-state index in [2.05, 4.69) is 13.3 Å². The van der Waals surface area contributed by atoms with Gasteiger partial charge in [-0.25, -0.2) is 0 Å². The molecule has 0 amide bonds. The van der Waals surface area contributed by atoms with Crippen LogP contribution in [0, 0.1) is 17.8 Å². The van der Waals surface area contributed by atoms with Gasteiger partial charge in [-0.2, -0.15) is 0 Å². The Balaban J connectivity index is 1.81. The van der Waals surface area contributed by atoms with Crippen LogP contribution in [-0.2, 0) is 0 Å². The lowest BCUT2D eigenvalue weighted by molar-refractivity contribution is 0.219. The second-order valence-corrected chi connectivity index (χ2v) is 5.78. The first-order valence-corrected chi connectivity index (χ1v) is 6.65. The lowest BCUT2D eigenvalue weighted by atomic mass is 9.68. The lowest BCUT2D eigenvalue weighted by Gasteiger charge is -2.37. The highest BCUT2D eigenvalue weighted by Crippen LogP contribution is 2.43. The van der Waals surface area contributed by atoms with Crippen molar-refractivity contribution in [3.63, 3.8) is 0 Å². The van der Waals surface area contributed by atoms with E-state index in [0.29, 0.717) is 5.41 Å². The summed E-state index contributed by atoms with van der Waals surface area (Å²) in [6, 6.07) is 0. The van der Waals surface area contributed by atoms with Crippen LogP contribution >= 0.6 is 0 Å². The molecular formula is C14H25. The van der Waals surface area contributed by atoms with Crippen molar-refractivity contribution in [2.45, 2.75) is 71.1 Å². The number of hydrogen-bond acceptors (Lipinski definition) is 0. The van der Waals surface area contributed by atoms with Crippen LogP contribution < -0.4 is 0 Å². The summed E-state index contributed by atoms with van der Waals surface area (Å²) in [7, 11) is 0. The lowest BCUT2D eigenvalue weighted by Crippen LogP contribution is -2.25. The molecule has 0 aliphatic heterocycles. The van der Waals surface area contributed by atoms with Gasteiger partial charge in [0.15, 0.2) is 0 Å². The van der Waals surface area contributed by atoms with E-state index < -0.39 is 0 Å². The molecular weight excluding hydrogens is 168 g/mol. The Kier molecular flexibility index (Phi) is 3.52. The molecule has 0 N–H and O–H groups in total. The first kappa shape index (κ1) is 10.5. The van der Waals surface area contributed by atoms with E-state index in [1.54, 1.807) is 0 Å². The Hall–Kier alpha value is 0. The molecule has 0 aromatic rings. The fourth-order valence-electron chi connectivity index (χ4n) is 3.40. The van der Waals surface area contributed by atoms with Crippen molar-refractivity contribution in [2.75, 3.05) is 0 Å². The standard InChI is InChI=1S/C14H25/c1-14(10-6-3-7-11-14)12-13-8-4-2-5-9-13/h12-13H,2-11H2,1H3. The summed E-state index contributed by atoms with van der Waals surface area (Å²) in [5.74, 6) is 0.965. The average molecular weight is 193 g/mol. The SMILES string of the molecule is CC1([CH]C2CCCCC2)CCCCC1. The normalized spacial score (nSPS) is 28.9. The van der Waals surface area contributed by atoms with Gasteiger partial charge in [0.25, 0.3) is 0 Å². The molecule has 0 bridgehead atoms. The van der Waals surface area contributed by atoms with Crippen LogP contribution in [-0.4, -0.2) is 0 Å². The summed E-state index contributed by atoms with van der Waals surface area (Å²) in [5.41, 5.74) is 0.611. The van der Waals surface area contributed by atoms with E-state index in [1.165, 1.54) is 64.2 Å². The summed E-state index contributed by atoms with van der Waals surface area (Å²) in [5, 5.41) is 0. The summed E-state index contributed by atoms with van der Waals surface area (Å²) in [4.78, 5) is 0. The summed E-state index contributed by atoms with van der Waals surface area (Å²) in [6.07, 6.45) is 17.5. The van der Waals surface area contributed by atoms with E-state index in [-0.39, 0.29) is 0 Å². The van der Waals surface area contributed by atoms with E-state index in [9.17, 15) is 0 Å². The largest absolute Gasteiger partial charge is 0.0594 e. The smallest absolute Gasteiger partial charge is 0.0292 e. The van der Waals surface area contributed by atoms with Gasteiger partial charge in [0.1, 0.15) is 0 Å². The Morgan fingerprint density at radius 3 is 2.07 bits per heavy atom. The monoisotopic (exact) mass is 193 g/mol. The first-order chi connectivity index (χ1) is 6.79. The maximum absolute atomic E-state index is 2.74. The van der Waals surface area contributed by atoms with Crippen molar-refractivity contribution in [3.05, 3.63) is 6.42 Å². The molecule has 0 heteroatoms. The molecule has 0 aromatic carbocycles. The summed E-state index contributed by atoms with van der Waals surface area (Å²) >= 11 is 0. The van der Waals surface area contributed by atoms with Crippen molar-refractivity contribution in [1.29, 1.82) is 0 Å². The van der Waals surface area contributed by atoms with Gasteiger partial charge in [-0.3, -0.25) is 0 Å². The molecule has 0 heterocycles. The Labute approximate surface area is 89.5 Å². The summed E-state index contributed by atoms with van der Waals surface area (Å²) in [6.45, 7) is 2.50. The zero-order valence-corrected chi connectivity index (χ0v) is 9.73. The van der Waals surface area contributed by atoms with Crippen LogP contribution in [0.1, 0.15) is 71.1 Å². The van der Waals surface area contributed by atoms with Crippen molar-refractivity contribution < 1.29 is 0 Å². The molecule has 2 rings (SSSR count). The van der Waals surface area contributed by atoms with E-state index in [1.807, 2.05) is 0 Å². The minimum absolute atomic E-state index is 0.611. The highest BCUT2D eigenvalue weighted by Gasteiger charge is 2.30. The molecule has 2 aliphatic carbocycles. The van der Waals surface area contributed by atoms with Gasteiger partial charge in [0.2, 0.25) is 0 Å². The van der Waals surface area contributed by atoms with E-state index in [4.69, 9.17) is 0 Å². The maximum Gasteiger partial charge on any atom is -0.0292 e. The molecule has 0 spiro atoms. The second kappa shape index (κ2) is 4.68. The zero-order chi connectivity index (χ0) is 9.86. The van der Waals surface area contributed by atoms with Gasteiger partial charge in [0.05, 0.1) is 0 Å². The van der Waals surface area contributed by atoms with E-state index in [0.717, 1.165) is 5.92 Å². The zero-order valence-electron chi connectivity index (χ0n) is 9.73. The predicted octanol–water partition coefficient (Wildman–Crippen LogP) is 4.74. The highest BCUT2D eigenvalue weighted by molar-refractivity contribution is 4.95. The second-order valence-electron chi connectivity index (χ2n) is 5.78. The number of rotatable bonds is 2. The van der Waals surface area contributed by atoms with E-state index >= 15 is 0 Å². The van der Waals surface area contributed by atoms with Gasteiger partial charge in [-0.1, -0.05) is 58.3 Å². The van der Waals surface area contributed by atoms with Crippen molar-refractivity contribution in [1.82, 2.24) is 0 Å². The predicted molar refractivity (Wildman–Crippen MR) is 62.1 cm³/mol. The molecule has 2 fully saturated rings. The minimum atomic E-state index is 0.611. The molecule has 2 saturated carbocycles. The first-order valence-electron chi connectivity index (χ1n) is 6.65. The van der Waals surface area contributed by atoms with Crippen LogP contribution in [0.15, 0.2) is 0 Å². The molecule has 0 aromatic heterocycles. The molecule has 0 atom stereocenters. The quantitative estimate of drug-likeness (QED) is 0.594. The van der Waals surface area contributed by atoms with Crippen molar-refractivity contribution in [2.24, 2.45) is 11.3 Å². The molecule has 2 aliphatic rings. The molecule has 0 unspecified atom stereocenters. The molecule has 81 valence electrons. The topological polar surface area (TPSA) is 0 Å². The third kappa shape index (κ3) is 2.74. The average Bonchev–Trinajstić information content (AvgIpc) is 2.19. The molecule has 0 saturated heterocycles. The highest BCUT2D eigenvalue weighted by atomic mass is 14.4. The van der Waals surface area contributed by atoms with Crippen molar-refractivity contribution in [3.8, 4) is 0 Å². The van der Waals surface area contributed by atoms with Gasteiger partial charge in [0, 0.05) is 0 Å². The molecule has 14 heavy (non-hydrogen) atoms. The van der Waals surface area contributed by atoms with Crippen LogP contribution in [0.3, 0.4) is 0 Å². The van der Waals surface area contributed by atoms with Crippen LogP contribution in [0.5, 0.6) is 0 Å². The van der Waals surface area contributed by atoms with Crippen LogP contribution in [0.4, 0.5) is 0 Å². The van der Waals surface area contributed by atoms with Crippen molar-refractivity contribution >= 4 is 0 Å². The Morgan fingerprint density at radius 1 is 0.857 bits per heavy atom. The fraction of sp³-hybridized carbons (Fsp3) is 0.929. The third-order valence-corrected chi connectivity index (χ3v) is 4.28. The number of hydrogen-bond donors (Lipinski definition) is 0. The Bertz CT molecular complexity index is 159. The van der Waals surface area contributed by atoms with Gasteiger partial charge < -0.3 is 0 Å².